The zero-order valence-electron chi connectivity index (χ0n) is 11.0. The number of aryl methyl sites for hydroxylation is 1. The van der Waals surface area contributed by atoms with Crippen LogP contribution in [0.1, 0.15) is 22.8 Å². The van der Waals surface area contributed by atoms with Gasteiger partial charge in [0.05, 0.1) is 12.1 Å². The maximum atomic E-state index is 12.1. The lowest BCUT2D eigenvalue weighted by Gasteiger charge is -2.17. The van der Waals surface area contributed by atoms with Crippen molar-refractivity contribution in [2.24, 2.45) is 0 Å². The number of nitrogens with one attached hydrogen (secondary N) is 1. The maximum Gasteiger partial charge on any atom is 0.256 e. The van der Waals surface area contributed by atoms with E-state index < -0.39 is 0 Å². The van der Waals surface area contributed by atoms with Gasteiger partial charge >= 0.3 is 0 Å². The summed E-state index contributed by atoms with van der Waals surface area (Å²) in [5, 5.41) is 2.64. The van der Waals surface area contributed by atoms with E-state index >= 15 is 0 Å². The van der Waals surface area contributed by atoms with E-state index in [9.17, 15) is 9.59 Å². The number of carbonyl (C=O) groups is 2. The van der Waals surface area contributed by atoms with Gasteiger partial charge in [-0.05, 0) is 26.0 Å². The fourth-order valence-electron chi connectivity index (χ4n) is 1.60. The Morgan fingerprint density at radius 3 is 2.67 bits per heavy atom. The summed E-state index contributed by atoms with van der Waals surface area (Å²) in [6.07, 6.45) is 0. The molecule has 0 atom stereocenters. The molecule has 0 aliphatic heterocycles. The van der Waals surface area contributed by atoms with Crippen molar-refractivity contribution in [1.82, 2.24) is 10.2 Å². The molecule has 3 N–H and O–H groups in total. The molecule has 0 heterocycles. The van der Waals surface area contributed by atoms with Crippen molar-refractivity contribution >= 4 is 17.5 Å². The van der Waals surface area contributed by atoms with Crippen LogP contribution in [0, 0.1) is 6.92 Å². The van der Waals surface area contributed by atoms with Gasteiger partial charge in [-0.3, -0.25) is 9.59 Å². The quantitative estimate of drug-likeness (QED) is 0.774. The van der Waals surface area contributed by atoms with Crippen LogP contribution in [-0.4, -0.2) is 36.9 Å². The number of hydrogen-bond acceptors (Lipinski definition) is 3. The Morgan fingerprint density at radius 2 is 2.06 bits per heavy atom. The largest absolute Gasteiger partial charge is 0.398 e. The third kappa shape index (κ3) is 3.48. The second kappa shape index (κ2) is 6.05. The average Bonchev–Trinajstić information content (AvgIpc) is 2.31. The molecule has 0 aliphatic rings. The molecule has 5 nitrogen and oxygen atoms in total. The van der Waals surface area contributed by atoms with Crippen molar-refractivity contribution in [3.8, 4) is 0 Å². The molecular formula is C13H19N3O2. The first kappa shape index (κ1) is 14.0. The molecule has 0 bridgehead atoms. The van der Waals surface area contributed by atoms with E-state index in [-0.39, 0.29) is 18.4 Å². The number of amides is 2. The monoisotopic (exact) mass is 249 g/mol. The third-order valence-corrected chi connectivity index (χ3v) is 2.54. The summed E-state index contributed by atoms with van der Waals surface area (Å²) >= 11 is 0. The molecule has 0 saturated heterocycles. The van der Waals surface area contributed by atoms with Crippen LogP contribution >= 0.6 is 0 Å². The number of nitrogen functional groups attached to an aromatic ring is 1. The van der Waals surface area contributed by atoms with Gasteiger partial charge in [0.15, 0.2) is 0 Å². The third-order valence-electron chi connectivity index (χ3n) is 2.54. The fourth-order valence-corrected chi connectivity index (χ4v) is 1.60. The van der Waals surface area contributed by atoms with Gasteiger partial charge in [-0.15, -0.1) is 0 Å². The summed E-state index contributed by atoms with van der Waals surface area (Å²) in [7, 11) is 1.58. The van der Waals surface area contributed by atoms with Gasteiger partial charge in [-0.1, -0.05) is 11.6 Å². The number of carbonyl (C=O) groups excluding carboxylic acids is 2. The normalized spacial score (nSPS) is 9.94. The summed E-state index contributed by atoms with van der Waals surface area (Å²) in [5.41, 5.74) is 7.58. The first-order valence-electron chi connectivity index (χ1n) is 5.84. The zero-order valence-corrected chi connectivity index (χ0v) is 11.0. The van der Waals surface area contributed by atoms with Crippen molar-refractivity contribution in [2.45, 2.75) is 13.8 Å². The lowest BCUT2D eigenvalue weighted by molar-refractivity contribution is -0.121. The fraction of sp³-hybridized carbons (Fsp3) is 0.385. The van der Waals surface area contributed by atoms with Crippen LogP contribution in [-0.2, 0) is 4.79 Å². The molecule has 0 radical (unpaired) electrons. The van der Waals surface area contributed by atoms with E-state index in [2.05, 4.69) is 5.32 Å². The summed E-state index contributed by atoms with van der Waals surface area (Å²) in [4.78, 5) is 24.9. The van der Waals surface area contributed by atoms with Gasteiger partial charge in [0.2, 0.25) is 5.91 Å². The molecule has 1 aromatic carbocycles. The number of nitrogens with two attached hydrogens (primary N) is 1. The Bertz CT molecular complexity index is 458. The summed E-state index contributed by atoms with van der Waals surface area (Å²) in [6, 6.07) is 5.27. The topological polar surface area (TPSA) is 75.4 Å². The van der Waals surface area contributed by atoms with Gasteiger partial charge in [-0.25, -0.2) is 0 Å². The van der Waals surface area contributed by atoms with Gasteiger partial charge in [0, 0.05) is 19.3 Å². The molecule has 98 valence electrons. The maximum absolute atomic E-state index is 12.1. The van der Waals surface area contributed by atoms with Crippen LogP contribution in [0.5, 0.6) is 0 Å². The minimum absolute atomic E-state index is 0.0278. The van der Waals surface area contributed by atoms with Gasteiger partial charge in [-0.2, -0.15) is 0 Å². The van der Waals surface area contributed by atoms with E-state index in [0.717, 1.165) is 5.56 Å². The van der Waals surface area contributed by atoms with Crippen LogP contribution in [0.15, 0.2) is 18.2 Å². The van der Waals surface area contributed by atoms with E-state index in [1.54, 1.807) is 19.2 Å². The van der Waals surface area contributed by atoms with E-state index in [1.807, 2.05) is 19.9 Å². The van der Waals surface area contributed by atoms with Gasteiger partial charge < -0.3 is 16.0 Å². The summed E-state index contributed by atoms with van der Waals surface area (Å²) in [6.45, 7) is 4.30. The van der Waals surface area contributed by atoms with E-state index in [4.69, 9.17) is 5.73 Å². The molecule has 2 amide bonds. The van der Waals surface area contributed by atoms with Crippen molar-refractivity contribution in [1.29, 1.82) is 0 Å². The molecular weight excluding hydrogens is 230 g/mol. The molecule has 5 heteroatoms. The van der Waals surface area contributed by atoms with E-state index in [1.165, 1.54) is 4.90 Å². The number of rotatable bonds is 4. The Kier molecular flexibility index (Phi) is 4.71. The van der Waals surface area contributed by atoms with Crippen molar-refractivity contribution in [3.05, 3.63) is 29.3 Å². The molecule has 1 rings (SSSR count). The van der Waals surface area contributed by atoms with Crippen molar-refractivity contribution in [3.63, 3.8) is 0 Å². The molecule has 0 aliphatic carbocycles. The lowest BCUT2D eigenvalue weighted by Crippen LogP contribution is -2.38. The van der Waals surface area contributed by atoms with Crippen LogP contribution in [0.4, 0.5) is 5.69 Å². The molecule has 0 saturated carbocycles. The van der Waals surface area contributed by atoms with Crippen LogP contribution < -0.4 is 11.1 Å². The number of hydrogen-bond donors (Lipinski definition) is 2. The predicted octanol–water partition coefficient (Wildman–Crippen LogP) is 0.785. The zero-order chi connectivity index (χ0) is 13.7. The number of benzene rings is 1. The highest BCUT2D eigenvalue weighted by molar-refractivity contribution is 6.00. The van der Waals surface area contributed by atoms with Crippen molar-refractivity contribution < 1.29 is 9.59 Å². The minimum Gasteiger partial charge on any atom is -0.398 e. The summed E-state index contributed by atoms with van der Waals surface area (Å²) in [5.74, 6) is -0.429. The molecule has 0 fully saturated rings. The van der Waals surface area contributed by atoms with E-state index in [0.29, 0.717) is 17.8 Å². The van der Waals surface area contributed by atoms with Crippen LogP contribution in [0.25, 0.3) is 0 Å². The van der Waals surface area contributed by atoms with Crippen molar-refractivity contribution in [2.75, 3.05) is 25.9 Å². The predicted molar refractivity (Wildman–Crippen MR) is 71.2 cm³/mol. The number of anilines is 1. The van der Waals surface area contributed by atoms with Crippen LogP contribution in [0.2, 0.25) is 0 Å². The highest BCUT2D eigenvalue weighted by atomic mass is 16.2. The Labute approximate surface area is 107 Å². The molecule has 0 unspecified atom stereocenters. The molecule has 0 aromatic heterocycles. The average molecular weight is 249 g/mol. The molecule has 1 aromatic rings. The molecule has 18 heavy (non-hydrogen) atoms. The van der Waals surface area contributed by atoms with Gasteiger partial charge in [0.25, 0.3) is 5.91 Å². The Balaban J connectivity index is 2.80. The Morgan fingerprint density at radius 1 is 1.39 bits per heavy atom. The number of nitrogens with zero attached hydrogens (tertiary/aromatic N) is 1. The minimum atomic E-state index is -0.248. The van der Waals surface area contributed by atoms with Crippen LogP contribution in [0.3, 0.4) is 0 Å². The highest BCUT2D eigenvalue weighted by Crippen LogP contribution is 2.15. The highest BCUT2D eigenvalue weighted by Gasteiger charge is 2.16. The SMILES string of the molecule is CCNC(=O)CN(C)C(=O)c1cc(C)ccc1N. The first-order chi connectivity index (χ1) is 8.45. The smallest absolute Gasteiger partial charge is 0.256 e. The van der Waals surface area contributed by atoms with Gasteiger partial charge in [0.1, 0.15) is 0 Å². The second-order valence-electron chi connectivity index (χ2n) is 4.21. The first-order valence-corrected chi connectivity index (χ1v) is 5.84. The lowest BCUT2D eigenvalue weighted by atomic mass is 10.1. The molecule has 0 spiro atoms. The summed E-state index contributed by atoms with van der Waals surface area (Å²) < 4.78 is 0. The standard InChI is InChI=1S/C13H19N3O2/c1-4-15-12(17)8-16(3)13(18)10-7-9(2)5-6-11(10)14/h5-7H,4,8,14H2,1-3H3,(H,15,17). The Hall–Kier alpha value is -2.04. The number of likely N-dealkylation sites (N-methyl/N-ethyl adjacent to an activating group) is 2. The second-order valence-corrected chi connectivity index (χ2v) is 4.21.